The van der Waals surface area contributed by atoms with Gasteiger partial charge in [0.15, 0.2) is 12.7 Å². The Hall–Kier alpha value is -2.55. The lowest BCUT2D eigenvalue weighted by Crippen LogP contribution is -2.51. The van der Waals surface area contributed by atoms with Crippen molar-refractivity contribution in [2.75, 3.05) is 13.2 Å². The zero-order valence-corrected chi connectivity index (χ0v) is 16.9. The van der Waals surface area contributed by atoms with Crippen molar-refractivity contribution in [3.63, 3.8) is 0 Å². The molecule has 0 aliphatic heterocycles. The topological polar surface area (TPSA) is 88.4 Å². The SMILES string of the molecule is C[C@H](Oc1ccc(C#N)cc1)C(=O)OCC(=O)NCC12CC3CC(CC(C3)C1)C2. The third-order valence-electron chi connectivity index (χ3n) is 6.80. The Morgan fingerprint density at radius 2 is 1.72 bits per heavy atom. The molecule has 5 rings (SSSR count). The molecule has 0 aromatic heterocycles. The Bertz CT molecular complexity index is 776. The molecule has 0 unspecified atom stereocenters. The van der Waals surface area contributed by atoms with Gasteiger partial charge in [-0.05, 0) is 92.9 Å². The number of esters is 1. The van der Waals surface area contributed by atoms with Crippen LogP contribution in [-0.4, -0.2) is 31.1 Å². The highest BCUT2D eigenvalue weighted by Gasteiger charge is 2.50. The number of hydrogen-bond donors (Lipinski definition) is 1. The highest BCUT2D eigenvalue weighted by Crippen LogP contribution is 2.59. The van der Waals surface area contributed by atoms with Gasteiger partial charge in [-0.3, -0.25) is 4.79 Å². The number of nitriles is 1. The van der Waals surface area contributed by atoms with Gasteiger partial charge in [-0.2, -0.15) is 5.26 Å². The molecule has 29 heavy (non-hydrogen) atoms. The van der Waals surface area contributed by atoms with Crippen LogP contribution < -0.4 is 10.1 Å². The third-order valence-corrected chi connectivity index (χ3v) is 6.80. The first-order valence-corrected chi connectivity index (χ1v) is 10.5. The molecule has 1 aromatic rings. The summed E-state index contributed by atoms with van der Waals surface area (Å²) in [6, 6.07) is 8.51. The molecule has 0 saturated heterocycles. The molecule has 4 bridgehead atoms. The fourth-order valence-electron chi connectivity index (χ4n) is 5.96. The van der Waals surface area contributed by atoms with Crippen LogP contribution in [0, 0.1) is 34.5 Å². The molecule has 4 aliphatic carbocycles. The summed E-state index contributed by atoms with van der Waals surface area (Å²) >= 11 is 0. The average Bonchev–Trinajstić information content (AvgIpc) is 2.70. The van der Waals surface area contributed by atoms with E-state index in [4.69, 9.17) is 14.7 Å². The average molecular weight is 396 g/mol. The fraction of sp³-hybridized carbons (Fsp3) is 0.609. The van der Waals surface area contributed by atoms with Gasteiger partial charge in [-0.25, -0.2) is 4.79 Å². The van der Waals surface area contributed by atoms with Crippen LogP contribution in [0.5, 0.6) is 5.75 Å². The monoisotopic (exact) mass is 396 g/mol. The number of hydrogen-bond acceptors (Lipinski definition) is 5. The quantitative estimate of drug-likeness (QED) is 0.715. The van der Waals surface area contributed by atoms with Crippen LogP contribution >= 0.6 is 0 Å². The van der Waals surface area contributed by atoms with Crippen molar-refractivity contribution in [1.29, 1.82) is 5.26 Å². The second-order valence-electron chi connectivity index (χ2n) is 9.20. The minimum atomic E-state index is -0.834. The standard InChI is InChI=1S/C23H28N2O4/c1-15(29-20-4-2-16(12-24)3-5-20)22(27)28-13-21(26)25-14-23-9-17-6-18(10-23)8-19(7-17)11-23/h2-5,15,17-19H,6-11,13-14H2,1H3,(H,25,26)/t15-,17?,18?,19?,23?/m0/s1. The lowest BCUT2D eigenvalue weighted by molar-refractivity contribution is -0.155. The summed E-state index contributed by atoms with van der Waals surface area (Å²) in [7, 11) is 0. The van der Waals surface area contributed by atoms with Gasteiger partial charge >= 0.3 is 5.97 Å². The smallest absolute Gasteiger partial charge is 0.347 e. The number of benzene rings is 1. The lowest BCUT2D eigenvalue weighted by Gasteiger charge is -2.56. The molecule has 6 heteroatoms. The van der Waals surface area contributed by atoms with Gasteiger partial charge < -0.3 is 14.8 Å². The largest absolute Gasteiger partial charge is 0.479 e. The summed E-state index contributed by atoms with van der Waals surface area (Å²) in [5.41, 5.74) is 0.781. The van der Waals surface area contributed by atoms with E-state index in [1.807, 2.05) is 6.07 Å². The van der Waals surface area contributed by atoms with E-state index in [0.29, 0.717) is 17.9 Å². The molecule has 0 heterocycles. The van der Waals surface area contributed by atoms with Crippen molar-refractivity contribution in [3.05, 3.63) is 29.8 Å². The summed E-state index contributed by atoms with van der Waals surface area (Å²) in [5, 5.41) is 11.8. The van der Waals surface area contributed by atoms with Gasteiger partial charge in [-0.15, -0.1) is 0 Å². The predicted octanol–water partition coefficient (Wildman–Crippen LogP) is 3.20. The van der Waals surface area contributed by atoms with E-state index >= 15 is 0 Å². The Morgan fingerprint density at radius 3 is 2.28 bits per heavy atom. The van der Waals surface area contributed by atoms with Crippen molar-refractivity contribution >= 4 is 11.9 Å². The van der Waals surface area contributed by atoms with Crippen molar-refractivity contribution in [3.8, 4) is 11.8 Å². The molecule has 1 amide bonds. The first kappa shape index (κ1) is 19.8. The van der Waals surface area contributed by atoms with Crippen LogP contribution in [0.2, 0.25) is 0 Å². The van der Waals surface area contributed by atoms with Crippen LogP contribution in [0.1, 0.15) is 51.0 Å². The van der Waals surface area contributed by atoms with Gasteiger partial charge in [0.05, 0.1) is 11.6 Å². The summed E-state index contributed by atoms with van der Waals surface area (Å²) in [4.78, 5) is 24.4. The maximum absolute atomic E-state index is 12.2. The van der Waals surface area contributed by atoms with Gasteiger partial charge in [-0.1, -0.05) is 0 Å². The summed E-state index contributed by atoms with van der Waals surface area (Å²) in [6.45, 7) is 1.99. The van der Waals surface area contributed by atoms with Gasteiger partial charge in [0, 0.05) is 6.54 Å². The Balaban J connectivity index is 1.20. The van der Waals surface area contributed by atoms with Crippen molar-refractivity contribution < 1.29 is 19.1 Å². The maximum atomic E-state index is 12.2. The Kier molecular flexibility index (Phi) is 5.49. The molecule has 1 N–H and O–H groups in total. The number of ether oxygens (including phenoxy) is 2. The van der Waals surface area contributed by atoms with Gasteiger partial charge in [0.25, 0.3) is 5.91 Å². The predicted molar refractivity (Wildman–Crippen MR) is 106 cm³/mol. The Labute approximate surface area is 171 Å². The highest BCUT2D eigenvalue weighted by molar-refractivity contribution is 5.82. The minimum absolute atomic E-state index is 0.250. The highest BCUT2D eigenvalue weighted by atomic mass is 16.6. The van der Waals surface area contributed by atoms with Crippen LogP contribution in [0.3, 0.4) is 0 Å². The first-order chi connectivity index (χ1) is 13.9. The second kappa shape index (κ2) is 8.06. The number of carbonyl (C=O) groups is 2. The molecule has 1 atom stereocenters. The fourth-order valence-corrected chi connectivity index (χ4v) is 5.96. The zero-order valence-electron chi connectivity index (χ0n) is 16.9. The number of rotatable bonds is 7. The van der Waals surface area contributed by atoms with Crippen molar-refractivity contribution in [2.45, 2.75) is 51.6 Å². The molecule has 4 saturated carbocycles. The van der Waals surface area contributed by atoms with Crippen molar-refractivity contribution in [2.24, 2.45) is 23.2 Å². The number of nitrogens with zero attached hydrogens (tertiary/aromatic N) is 1. The molecule has 4 fully saturated rings. The Morgan fingerprint density at radius 1 is 1.14 bits per heavy atom. The number of nitrogens with one attached hydrogen (secondary N) is 1. The van der Waals surface area contributed by atoms with Crippen molar-refractivity contribution in [1.82, 2.24) is 5.32 Å². The molecule has 0 spiro atoms. The lowest BCUT2D eigenvalue weighted by atomic mass is 9.49. The maximum Gasteiger partial charge on any atom is 0.347 e. The van der Waals surface area contributed by atoms with E-state index in [1.165, 1.54) is 38.5 Å². The molecule has 4 aliphatic rings. The number of carbonyl (C=O) groups excluding carboxylic acids is 2. The zero-order chi connectivity index (χ0) is 20.4. The van der Waals surface area contributed by atoms with Crippen LogP contribution in [0.4, 0.5) is 0 Å². The molecule has 154 valence electrons. The first-order valence-electron chi connectivity index (χ1n) is 10.5. The molecular weight excluding hydrogens is 368 g/mol. The van der Waals surface area contributed by atoms with E-state index in [2.05, 4.69) is 5.32 Å². The molecule has 6 nitrogen and oxygen atoms in total. The summed E-state index contributed by atoms with van der Waals surface area (Å²) in [5.74, 6) is 2.17. The van der Waals surface area contributed by atoms with E-state index in [9.17, 15) is 9.59 Å². The van der Waals surface area contributed by atoms with Gasteiger partial charge in [0.2, 0.25) is 0 Å². The van der Waals surface area contributed by atoms with Crippen LogP contribution in [-0.2, 0) is 14.3 Å². The van der Waals surface area contributed by atoms with E-state index in [1.54, 1.807) is 31.2 Å². The van der Waals surface area contributed by atoms with Gasteiger partial charge in [0.1, 0.15) is 5.75 Å². The number of amides is 1. The molecular formula is C23H28N2O4. The second-order valence-corrected chi connectivity index (χ2v) is 9.20. The minimum Gasteiger partial charge on any atom is -0.479 e. The van der Waals surface area contributed by atoms with E-state index < -0.39 is 12.1 Å². The molecule has 0 radical (unpaired) electrons. The summed E-state index contributed by atoms with van der Waals surface area (Å²) < 4.78 is 10.6. The normalized spacial score (nSPS) is 30.3. The summed E-state index contributed by atoms with van der Waals surface area (Å²) in [6.07, 6.45) is 6.99. The molecule has 1 aromatic carbocycles. The van der Waals surface area contributed by atoms with Crippen LogP contribution in [0.15, 0.2) is 24.3 Å². The van der Waals surface area contributed by atoms with E-state index in [0.717, 1.165) is 17.8 Å². The third kappa shape index (κ3) is 4.55. The van der Waals surface area contributed by atoms with E-state index in [-0.39, 0.29) is 17.9 Å². The van der Waals surface area contributed by atoms with Crippen LogP contribution in [0.25, 0.3) is 0 Å².